The van der Waals surface area contributed by atoms with Crippen molar-refractivity contribution in [3.8, 4) is 57.5 Å². The maximum absolute atomic E-state index is 14.2. The molecule has 0 spiro atoms. The van der Waals surface area contributed by atoms with Crippen LogP contribution in [0.1, 0.15) is 44.1 Å². The molecule has 4 atom stereocenters. The quantitative estimate of drug-likeness (QED) is 0.164. The number of carbonyl (C=O) groups excluding carboxylic acids is 2. The molecule has 0 amide bonds. The predicted molar refractivity (Wildman–Crippen MR) is 141 cm³/mol. The van der Waals surface area contributed by atoms with Crippen molar-refractivity contribution in [2.45, 2.75) is 12.2 Å². The third-order valence-electron chi connectivity index (χ3n) is 7.43. The monoisotopic (exact) mass is 574 g/mol. The molecule has 4 aromatic carbocycles. The summed E-state index contributed by atoms with van der Waals surface area (Å²) in [6.07, 6.45) is -2.77. The number of hydrogen-bond donors (Lipinski definition) is 8. The van der Waals surface area contributed by atoms with Gasteiger partial charge in [0.1, 0.15) is 57.8 Å². The van der Waals surface area contributed by atoms with Crippen molar-refractivity contribution in [3.63, 3.8) is 0 Å². The summed E-state index contributed by atoms with van der Waals surface area (Å²) in [5.41, 5.74) is -0.452. The molecular weight excluding hydrogens is 552 g/mol. The molecule has 2 heterocycles. The Morgan fingerprint density at radius 1 is 0.452 bits per heavy atom. The van der Waals surface area contributed by atoms with E-state index in [9.17, 15) is 50.4 Å². The minimum atomic E-state index is -1.54. The summed E-state index contributed by atoms with van der Waals surface area (Å²) < 4.78 is 12.2. The lowest BCUT2D eigenvalue weighted by Gasteiger charge is -2.42. The Kier molecular flexibility index (Phi) is 5.92. The second-order valence-electron chi connectivity index (χ2n) is 10.0. The fraction of sp³-hybridized carbons (Fsp3) is 0.133. The number of benzene rings is 4. The van der Waals surface area contributed by atoms with E-state index in [-0.39, 0.29) is 33.8 Å². The maximum Gasteiger partial charge on any atom is 0.178 e. The second kappa shape index (κ2) is 9.41. The van der Waals surface area contributed by atoms with Crippen molar-refractivity contribution in [2.75, 3.05) is 0 Å². The zero-order chi connectivity index (χ0) is 30.0. The van der Waals surface area contributed by atoms with Gasteiger partial charge in [-0.3, -0.25) is 9.59 Å². The van der Waals surface area contributed by atoms with Gasteiger partial charge in [-0.05, 0) is 35.4 Å². The highest BCUT2D eigenvalue weighted by molar-refractivity contribution is 6.11. The molecule has 6 rings (SSSR count). The number of carbonyl (C=O) groups is 2. The highest BCUT2D eigenvalue weighted by Gasteiger charge is 2.53. The number of aromatic hydroxyl groups is 8. The summed E-state index contributed by atoms with van der Waals surface area (Å²) in [4.78, 5) is 28.5. The van der Waals surface area contributed by atoms with Crippen molar-refractivity contribution >= 4 is 11.6 Å². The van der Waals surface area contributed by atoms with Crippen LogP contribution in [0.5, 0.6) is 57.5 Å². The van der Waals surface area contributed by atoms with Crippen molar-refractivity contribution in [2.24, 2.45) is 11.8 Å². The van der Waals surface area contributed by atoms with E-state index in [1.165, 1.54) is 12.1 Å². The largest absolute Gasteiger partial charge is 0.508 e. The lowest BCUT2D eigenvalue weighted by Crippen LogP contribution is -2.45. The first-order valence-corrected chi connectivity index (χ1v) is 12.5. The van der Waals surface area contributed by atoms with Gasteiger partial charge in [0.25, 0.3) is 0 Å². The lowest BCUT2D eigenvalue weighted by molar-refractivity contribution is 0.0128. The molecule has 214 valence electrons. The minimum absolute atomic E-state index is 0.123. The zero-order valence-corrected chi connectivity index (χ0v) is 21.3. The van der Waals surface area contributed by atoms with Gasteiger partial charge in [0.2, 0.25) is 0 Å². The van der Waals surface area contributed by atoms with E-state index in [1.54, 1.807) is 0 Å². The fourth-order valence-corrected chi connectivity index (χ4v) is 5.57. The molecule has 2 aliphatic heterocycles. The number of Topliss-reactive ketones (excluding diaryl/α,β-unsaturated/α-hetero) is 2. The maximum atomic E-state index is 14.2. The average molecular weight is 574 g/mol. The number of phenolic OH excluding ortho intramolecular Hbond substituents is 8. The lowest BCUT2D eigenvalue weighted by atomic mass is 9.69. The van der Waals surface area contributed by atoms with E-state index in [4.69, 9.17) is 9.47 Å². The average Bonchev–Trinajstić information content (AvgIpc) is 2.91. The number of ketones is 2. The van der Waals surface area contributed by atoms with Crippen molar-refractivity contribution in [3.05, 3.63) is 82.9 Å². The third-order valence-corrected chi connectivity index (χ3v) is 7.43. The van der Waals surface area contributed by atoms with Crippen LogP contribution in [-0.4, -0.2) is 52.4 Å². The molecule has 0 aliphatic carbocycles. The molecule has 2 aliphatic rings. The van der Waals surface area contributed by atoms with E-state index in [1.807, 2.05) is 0 Å². The van der Waals surface area contributed by atoms with Crippen LogP contribution in [-0.2, 0) is 0 Å². The van der Waals surface area contributed by atoms with Crippen molar-refractivity contribution < 1.29 is 59.9 Å². The third kappa shape index (κ3) is 4.08. The second-order valence-corrected chi connectivity index (χ2v) is 10.0. The first-order chi connectivity index (χ1) is 19.9. The normalized spacial score (nSPS) is 21.1. The summed E-state index contributed by atoms with van der Waals surface area (Å²) in [5, 5.41) is 81.6. The molecule has 0 bridgehead atoms. The van der Waals surface area contributed by atoms with Crippen LogP contribution < -0.4 is 9.47 Å². The highest BCUT2D eigenvalue weighted by Crippen LogP contribution is 2.54. The fourth-order valence-electron chi connectivity index (χ4n) is 5.57. The van der Waals surface area contributed by atoms with Gasteiger partial charge in [-0.1, -0.05) is 12.1 Å². The van der Waals surface area contributed by atoms with Gasteiger partial charge in [-0.2, -0.15) is 0 Å². The van der Waals surface area contributed by atoms with Crippen molar-refractivity contribution in [1.29, 1.82) is 0 Å². The van der Waals surface area contributed by atoms with Gasteiger partial charge >= 0.3 is 0 Å². The van der Waals surface area contributed by atoms with Crippen LogP contribution in [0.2, 0.25) is 0 Å². The van der Waals surface area contributed by atoms with Crippen LogP contribution >= 0.6 is 0 Å². The molecule has 0 radical (unpaired) electrons. The molecule has 12 heteroatoms. The SMILES string of the molecule is O=C1c2c(O)cc(O)cc2O[C@@H](c2ccc(O)c(O)c2)[C@H]1[C@@H]1C(=O)c2c(O)cc(O)cc2O[C@H]1c1ccc(O)c(O)c1. The number of phenols is 8. The number of hydrogen-bond acceptors (Lipinski definition) is 12. The summed E-state index contributed by atoms with van der Waals surface area (Å²) in [6.45, 7) is 0. The van der Waals surface area contributed by atoms with Crippen LogP contribution in [0.25, 0.3) is 0 Å². The summed E-state index contributed by atoms with van der Waals surface area (Å²) >= 11 is 0. The molecule has 0 saturated carbocycles. The van der Waals surface area contributed by atoms with Crippen molar-refractivity contribution in [1.82, 2.24) is 0 Å². The summed E-state index contributed by atoms with van der Waals surface area (Å²) in [7, 11) is 0. The van der Waals surface area contributed by atoms with E-state index >= 15 is 0 Å². The van der Waals surface area contributed by atoms with E-state index in [0.29, 0.717) is 0 Å². The Balaban J connectivity index is 1.61. The Morgan fingerprint density at radius 2 is 0.833 bits per heavy atom. The van der Waals surface area contributed by atoms with Gasteiger partial charge in [-0.25, -0.2) is 0 Å². The molecule has 0 unspecified atom stereocenters. The van der Waals surface area contributed by atoms with E-state index in [2.05, 4.69) is 0 Å². The smallest absolute Gasteiger partial charge is 0.178 e. The first kappa shape index (κ1) is 26.4. The standard InChI is InChI=1S/C30H22O12/c31-13-7-19(37)23-21(9-13)41-29(11-1-3-15(33)17(35)5-11)25(27(23)39)26-28(40)24-20(38)8-14(32)10-22(24)42-30(26)12-2-4-16(34)18(36)6-12/h1-10,25-26,29-38H/t25-,26+,29-,30-/m0/s1. The Labute approximate surface area is 236 Å². The minimum Gasteiger partial charge on any atom is -0.508 e. The van der Waals surface area contributed by atoms with Crippen LogP contribution in [0.4, 0.5) is 0 Å². The van der Waals surface area contributed by atoms with E-state index in [0.717, 1.165) is 48.5 Å². The predicted octanol–water partition coefficient (Wildman–Crippen LogP) is 3.90. The first-order valence-electron chi connectivity index (χ1n) is 12.5. The Morgan fingerprint density at radius 3 is 1.19 bits per heavy atom. The molecule has 0 saturated heterocycles. The molecule has 0 fully saturated rings. The number of rotatable bonds is 3. The van der Waals surface area contributed by atoms with Gasteiger partial charge in [0.15, 0.2) is 34.6 Å². The zero-order valence-electron chi connectivity index (χ0n) is 21.3. The molecule has 12 nitrogen and oxygen atoms in total. The number of ether oxygens (including phenoxy) is 2. The topological polar surface area (TPSA) is 214 Å². The Bertz CT molecular complexity index is 1660. The van der Waals surface area contributed by atoms with Crippen LogP contribution in [0.3, 0.4) is 0 Å². The van der Waals surface area contributed by atoms with Crippen LogP contribution in [0.15, 0.2) is 60.7 Å². The molecule has 8 N–H and O–H groups in total. The van der Waals surface area contributed by atoms with Crippen LogP contribution in [0, 0.1) is 11.8 Å². The van der Waals surface area contributed by atoms with E-state index < -0.39 is 81.6 Å². The molecule has 4 aromatic rings. The Hall–Kier alpha value is -5.78. The van der Waals surface area contributed by atoms with Gasteiger partial charge in [0.05, 0.1) is 11.8 Å². The summed E-state index contributed by atoms with van der Waals surface area (Å²) in [5.74, 6) is -9.31. The van der Waals surface area contributed by atoms with Gasteiger partial charge in [0, 0.05) is 24.3 Å². The molecular formula is C30H22O12. The highest BCUT2D eigenvalue weighted by atomic mass is 16.5. The molecule has 0 aromatic heterocycles. The molecule has 42 heavy (non-hydrogen) atoms. The van der Waals surface area contributed by atoms with Gasteiger partial charge < -0.3 is 50.3 Å². The summed E-state index contributed by atoms with van der Waals surface area (Å²) in [6, 6.07) is 11.2. The number of fused-ring (bicyclic) bond motifs is 2. The van der Waals surface area contributed by atoms with Gasteiger partial charge in [-0.15, -0.1) is 0 Å².